The quantitative estimate of drug-likeness (QED) is 0.440. The van der Waals surface area contributed by atoms with Crippen LogP contribution in [0.15, 0.2) is 64.4 Å². The van der Waals surface area contributed by atoms with Crippen LogP contribution in [0.25, 0.3) is 11.3 Å². The largest absolute Gasteiger partial charge is 0.411 e. The van der Waals surface area contributed by atoms with Crippen LogP contribution in [0.2, 0.25) is 0 Å². The molecule has 1 saturated heterocycles. The van der Waals surface area contributed by atoms with Crippen molar-refractivity contribution in [2.45, 2.75) is 37.6 Å². The first kappa shape index (κ1) is 24.4. The summed E-state index contributed by atoms with van der Waals surface area (Å²) in [4.78, 5) is 38.8. The Kier molecular flexibility index (Phi) is 6.39. The topological polar surface area (TPSA) is 147 Å². The van der Waals surface area contributed by atoms with Crippen LogP contribution in [0.3, 0.4) is 0 Å². The van der Waals surface area contributed by atoms with Gasteiger partial charge < -0.3 is 14.7 Å². The van der Waals surface area contributed by atoms with Gasteiger partial charge in [0, 0.05) is 23.8 Å². The number of carbonyl (C=O) groups is 1. The number of hydrogen-bond donors (Lipinski definition) is 3. The maximum atomic E-state index is 13.3. The van der Waals surface area contributed by atoms with Gasteiger partial charge in [-0.15, -0.1) is 0 Å². The number of H-pyrrole nitrogens is 1. The van der Waals surface area contributed by atoms with Gasteiger partial charge in [-0.1, -0.05) is 19.1 Å². The molecule has 1 aliphatic rings. The lowest BCUT2D eigenvalue weighted by Gasteiger charge is -2.34. The molecular formula is C24H27N5O5S. The summed E-state index contributed by atoms with van der Waals surface area (Å²) in [5.74, 6) is 5.61. The van der Waals surface area contributed by atoms with Crippen molar-refractivity contribution in [1.82, 2.24) is 14.7 Å². The second-order valence-electron chi connectivity index (χ2n) is 9.21. The molecule has 0 bridgehead atoms. The number of sulfonamides is 1. The molecule has 1 fully saturated rings. The lowest BCUT2D eigenvalue weighted by molar-refractivity contribution is 0.0981. The monoisotopic (exact) mass is 497 g/mol. The van der Waals surface area contributed by atoms with Crippen LogP contribution >= 0.6 is 0 Å². The lowest BCUT2D eigenvalue weighted by Crippen LogP contribution is -2.41. The van der Waals surface area contributed by atoms with Crippen molar-refractivity contribution in [3.05, 3.63) is 70.6 Å². The normalized spacial score (nSPS) is 17.3. The van der Waals surface area contributed by atoms with Gasteiger partial charge in [0.25, 0.3) is 21.5 Å². The van der Waals surface area contributed by atoms with E-state index in [-0.39, 0.29) is 11.1 Å². The molecule has 2 aromatic heterocycles. The summed E-state index contributed by atoms with van der Waals surface area (Å²) in [5, 5.41) is 0. The van der Waals surface area contributed by atoms with Crippen molar-refractivity contribution >= 4 is 21.7 Å². The van der Waals surface area contributed by atoms with E-state index in [1.165, 1.54) is 18.3 Å². The summed E-state index contributed by atoms with van der Waals surface area (Å²) in [6.45, 7) is 6.83. The molecule has 4 N–H and O–H groups in total. The fraction of sp³-hybridized carbons (Fsp3) is 0.292. The van der Waals surface area contributed by atoms with Crippen molar-refractivity contribution in [3.63, 3.8) is 0 Å². The number of carbonyl (C=O) groups excluding carboxylic acids is 1. The fourth-order valence-electron chi connectivity index (χ4n) is 4.57. The summed E-state index contributed by atoms with van der Waals surface area (Å²) >= 11 is 0. The van der Waals surface area contributed by atoms with Crippen LogP contribution in [0.5, 0.6) is 5.75 Å². The van der Waals surface area contributed by atoms with E-state index in [0.29, 0.717) is 35.3 Å². The van der Waals surface area contributed by atoms with E-state index in [2.05, 4.69) is 11.9 Å². The zero-order chi connectivity index (χ0) is 25.4. The minimum Gasteiger partial charge on any atom is -0.411 e. The summed E-state index contributed by atoms with van der Waals surface area (Å²) in [7, 11) is -4.42. The number of aromatic nitrogens is 2. The van der Waals surface area contributed by atoms with Crippen molar-refractivity contribution in [1.29, 1.82) is 0 Å². The van der Waals surface area contributed by atoms with Gasteiger partial charge in [0.05, 0.1) is 11.3 Å². The van der Waals surface area contributed by atoms with Gasteiger partial charge >= 0.3 is 0 Å². The summed E-state index contributed by atoms with van der Waals surface area (Å²) in [5.41, 5.74) is 0.0405. The Bertz CT molecular complexity index is 1430. The van der Waals surface area contributed by atoms with Crippen molar-refractivity contribution in [3.8, 4) is 17.0 Å². The van der Waals surface area contributed by atoms with Gasteiger partial charge in [-0.2, -0.15) is 5.90 Å². The molecule has 0 unspecified atom stereocenters. The van der Waals surface area contributed by atoms with E-state index < -0.39 is 26.4 Å². The third-order valence-electron chi connectivity index (χ3n) is 6.04. The number of hydrogen-bond acceptors (Lipinski definition) is 8. The number of para-hydroxylation sites is 1. The molecule has 0 spiro atoms. The Morgan fingerprint density at radius 1 is 1.20 bits per heavy atom. The molecule has 3 aromatic rings. The number of rotatable bonds is 6. The first-order valence-electron chi connectivity index (χ1n) is 11.0. The Balaban J connectivity index is 1.81. The predicted molar refractivity (Wildman–Crippen MR) is 131 cm³/mol. The van der Waals surface area contributed by atoms with Gasteiger partial charge in [-0.3, -0.25) is 9.59 Å². The van der Waals surface area contributed by atoms with Gasteiger partial charge in [0.2, 0.25) is 0 Å². The number of aromatic amines is 1. The summed E-state index contributed by atoms with van der Waals surface area (Å²) in [6.07, 6.45) is 2.17. The average molecular weight is 498 g/mol. The highest BCUT2D eigenvalue weighted by atomic mass is 32.2. The molecular weight excluding hydrogens is 470 g/mol. The third kappa shape index (κ3) is 4.77. The van der Waals surface area contributed by atoms with Gasteiger partial charge in [0.15, 0.2) is 10.6 Å². The first-order valence-corrected chi connectivity index (χ1v) is 12.5. The smallest absolute Gasteiger partial charge is 0.269 e. The predicted octanol–water partition coefficient (Wildman–Crippen LogP) is 2.43. The third-order valence-corrected chi connectivity index (χ3v) is 7.39. The molecule has 35 heavy (non-hydrogen) atoms. The molecule has 3 heterocycles. The zero-order valence-corrected chi connectivity index (χ0v) is 20.4. The number of nitrogens with zero attached hydrogens (tertiary/aromatic N) is 2. The molecule has 4 rings (SSSR count). The molecule has 0 radical (unpaired) electrons. The number of nitrogens with two attached hydrogens (primary N) is 1. The van der Waals surface area contributed by atoms with E-state index in [1.54, 1.807) is 24.3 Å². The van der Waals surface area contributed by atoms with E-state index >= 15 is 0 Å². The highest BCUT2D eigenvalue weighted by molar-refractivity contribution is 7.90. The minimum atomic E-state index is -4.42. The molecule has 184 valence electrons. The standard InChI is InChI=1S/C24H27N5O5S/c1-15-13-24(2,3)29(14-15)21-17(10-11-18(27-21)16-7-4-5-8-19(16)34-25)22(30)28-35(32,33)20-9-6-12-26-23(20)31/h4-12,15H,13-14,25H2,1-3H3,(H,26,31)(H,28,30)/t15-/m0/s1. The average Bonchev–Trinajstić information content (AvgIpc) is 3.10. The number of amides is 1. The minimum absolute atomic E-state index is 0.0676. The van der Waals surface area contributed by atoms with Gasteiger partial charge in [0.1, 0.15) is 5.82 Å². The van der Waals surface area contributed by atoms with Crippen molar-refractivity contribution < 1.29 is 18.0 Å². The molecule has 1 amide bonds. The lowest BCUT2D eigenvalue weighted by atomic mass is 9.97. The van der Waals surface area contributed by atoms with Crippen LogP contribution in [0.1, 0.15) is 37.6 Å². The van der Waals surface area contributed by atoms with Crippen LogP contribution in [-0.2, 0) is 10.0 Å². The first-order chi connectivity index (χ1) is 16.5. The summed E-state index contributed by atoms with van der Waals surface area (Å²) in [6, 6.07) is 12.7. The highest BCUT2D eigenvalue weighted by Crippen LogP contribution is 2.39. The maximum absolute atomic E-state index is 13.3. The van der Waals surface area contributed by atoms with Gasteiger partial charge in [-0.25, -0.2) is 18.1 Å². The Morgan fingerprint density at radius 2 is 1.94 bits per heavy atom. The molecule has 0 aliphatic carbocycles. The Labute approximate surface area is 203 Å². The Morgan fingerprint density at radius 3 is 2.60 bits per heavy atom. The molecule has 1 atom stereocenters. The molecule has 1 aliphatic heterocycles. The number of pyridine rings is 2. The van der Waals surface area contributed by atoms with E-state index in [1.807, 2.05) is 29.5 Å². The number of benzene rings is 1. The molecule has 1 aromatic carbocycles. The van der Waals surface area contributed by atoms with Crippen LogP contribution in [0, 0.1) is 5.92 Å². The number of anilines is 1. The van der Waals surface area contributed by atoms with E-state index in [9.17, 15) is 18.0 Å². The van der Waals surface area contributed by atoms with Crippen molar-refractivity contribution in [2.75, 3.05) is 11.4 Å². The number of nitrogens with one attached hydrogen (secondary N) is 2. The molecule has 11 heteroatoms. The molecule has 10 nitrogen and oxygen atoms in total. The van der Waals surface area contributed by atoms with E-state index in [4.69, 9.17) is 15.7 Å². The van der Waals surface area contributed by atoms with Crippen molar-refractivity contribution in [2.24, 2.45) is 11.8 Å². The van der Waals surface area contributed by atoms with E-state index in [0.717, 1.165) is 12.5 Å². The van der Waals surface area contributed by atoms with Crippen LogP contribution in [-0.4, -0.2) is 36.4 Å². The van der Waals surface area contributed by atoms with Crippen LogP contribution < -0.4 is 25.9 Å². The van der Waals surface area contributed by atoms with Crippen LogP contribution in [0.4, 0.5) is 5.82 Å². The maximum Gasteiger partial charge on any atom is 0.269 e. The zero-order valence-electron chi connectivity index (χ0n) is 19.6. The SMILES string of the molecule is C[C@@H]1CN(c2nc(-c3ccccc3ON)ccc2C(=O)NS(=O)(=O)c2ccc[nH]c2=O)C(C)(C)C1. The highest BCUT2D eigenvalue weighted by Gasteiger charge is 2.39. The van der Waals surface area contributed by atoms with Gasteiger partial charge in [-0.05, 0) is 62.6 Å². The second-order valence-corrected chi connectivity index (χ2v) is 10.9. The molecule has 0 saturated carbocycles. The summed E-state index contributed by atoms with van der Waals surface area (Å²) < 4.78 is 27.6. The Hall–Kier alpha value is -3.70. The second kappa shape index (κ2) is 9.16. The fourth-order valence-corrected chi connectivity index (χ4v) is 5.60.